The van der Waals surface area contributed by atoms with E-state index in [0.717, 1.165) is 29.2 Å². The summed E-state index contributed by atoms with van der Waals surface area (Å²) in [4.78, 5) is 5.69. The van der Waals surface area contributed by atoms with Gasteiger partial charge in [0.25, 0.3) is 0 Å². The van der Waals surface area contributed by atoms with E-state index < -0.39 is 0 Å². The van der Waals surface area contributed by atoms with E-state index in [1.807, 2.05) is 26.1 Å². The minimum atomic E-state index is -0.180. The summed E-state index contributed by atoms with van der Waals surface area (Å²) in [6.45, 7) is 2.03. The highest BCUT2D eigenvalue weighted by molar-refractivity contribution is 7.15. The Hall–Kier alpha value is -1.42. The van der Waals surface area contributed by atoms with Crippen molar-refractivity contribution in [3.63, 3.8) is 0 Å². The van der Waals surface area contributed by atoms with Gasteiger partial charge < -0.3 is 5.32 Å². The fourth-order valence-electron chi connectivity index (χ4n) is 1.68. The third-order valence-electron chi connectivity index (χ3n) is 2.66. The van der Waals surface area contributed by atoms with Gasteiger partial charge in [0.1, 0.15) is 5.82 Å². The number of aromatic nitrogens is 1. The van der Waals surface area contributed by atoms with Crippen molar-refractivity contribution in [2.75, 3.05) is 12.4 Å². The maximum Gasteiger partial charge on any atom is 0.182 e. The standard InChI is InChI=1S/C13H15FN2S/c1-9-12(17-13(15-2)16-9)8-5-10-3-6-11(14)7-4-10/h3-4,6-7H,5,8H2,1-2H3,(H,15,16). The fourth-order valence-corrected chi connectivity index (χ4v) is 2.59. The second-order valence-electron chi connectivity index (χ2n) is 3.90. The molecule has 0 unspecified atom stereocenters. The van der Waals surface area contributed by atoms with Gasteiger partial charge in [-0.3, -0.25) is 0 Å². The van der Waals surface area contributed by atoms with E-state index in [0.29, 0.717) is 0 Å². The zero-order valence-electron chi connectivity index (χ0n) is 9.96. The molecule has 0 saturated heterocycles. The van der Waals surface area contributed by atoms with Crippen molar-refractivity contribution in [1.29, 1.82) is 0 Å². The van der Waals surface area contributed by atoms with Crippen LogP contribution < -0.4 is 5.32 Å². The van der Waals surface area contributed by atoms with Crippen molar-refractivity contribution >= 4 is 16.5 Å². The number of aryl methyl sites for hydroxylation is 3. The summed E-state index contributed by atoms with van der Waals surface area (Å²) in [5, 5.41) is 4.01. The lowest BCUT2D eigenvalue weighted by Gasteiger charge is -2.00. The Morgan fingerprint density at radius 3 is 2.53 bits per heavy atom. The Morgan fingerprint density at radius 2 is 1.94 bits per heavy atom. The predicted octanol–water partition coefficient (Wildman–Crippen LogP) is 3.42. The molecule has 2 rings (SSSR count). The summed E-state index contributed by atoms with van der Waals surface area (Å²) in [7, 11) is 1.88. The Morgan fingerprint density at radius 1 is 1.24 bits per heavy atom. The fraction of sp³-hybridized carbons (Fsp3) is 0.308. The van der Waals surface area contributed by atoms with Gasteiger partial charge in [0, 0.05) is 11.9 Å². The van der Waals surface area contributed by atoms with Gasteiger partial charge in [-0.2, -0.15) is 0 Å². The van der Waals surface area contributed by atoms with Crippen molar-refractivity contribution in [3.8, 4) is 0 Å². The van der Waals surface area contributed by atoms with Crippen molar-refractivity contribution in [2.45, 2.75) is 19.8 Å². The summed E-state index contributed by atoms with van der Waals surface area (Å²) >= 11 is 1.69. The molecule has 0 spiro atoms. The molecular formula is C13H15FN2S. The van der Waals surface area contributed by atoms with E-state index in [-0.39, 0.29) is 5.82 Å². The molecule has 0 bridgehead atoms. The van der Waals surface area contributed by atoms with E-state index >= 15 is 0 Å². The Balaban J connectivity index is 2.01. The normalized spacial score (nSPS) is 10.5. The van der Waals surface area contributed by atoms with Gasteiger partial charge in [0.2, 0.25) is 0 Å². The molecule has 0 atom stereocenters. The van der Waals surface area contributed by atoms with Crippen LogP contribution in [0, 0.1) is 12.7 Å². The molecule has 0 radical (unpaired) electrons. The lowest BCUT2D eigenvalue weighted by atomic mass is 10.1. The monoisotopic (exact) mass is 250 g/mol. The lowest BCUT2D eigenvalue weighted by Crippen LogP contribution is -1.91. The first-order valence-electron chi connectivity index (χ1n) is 5.57. The molecule has 2 nitrogen and oxygen atoms in total. The van der Waals surface area contributed by atoms with Crippen LogP contribution in [-0.4, -0.2) is 12.0 Å². The maximum absolute atomic E-state index is 12.7. The van der Waals surface area contributed by atoms with Crippen LogP contribution in [0.2, 0.25) is 0 Å². The highest BCUT2D eigenvalue weighted by Gasteiger charge is 2.06. The van der Waals surface area contributed by atoms with Crippen LogP contribution in [-0.2, 0) is 12.8 Å². The van der Waals surface area contributed by atoms with Gasteiger partial charge in [-0.05, 0) is 37.5 Å². The van der Waals surface area contributed by atoms with Crippen molar-refractivity contribution in [2.24, 2.45) is 0 Å². The quantitative estimate of drug-likeness (QED) is 0.899. The molecule has 1 aromatic carbocycles. The molecule has 0 aliphatic rings. The first-order chi connectivity index (χ1) is 8.19. The smallest absolute Gasteiger partial charge is 0.182 e. The number of halogens is 1. The maximum atomic E-state index is 12.7. The minimum absolute atomic E-state index is 0.180. The van der Waals surface area contributed by atoms with Gasteiger partial charge in [0.15, 0.2) is 5.13 Å². The van der Waals surface area contributed by atoms with Crippen molar-refractivity contribution < 1.29 is 4.39 Å². The van der Waals surface area contributed by atoms with Gasteiger partial charge in [-0.15, -0.1) is 11.3 Å². The molecule has 1 aromatic heterocycles. The lowest BCUT2D eigenvalue weighted by molar-refractivity contribution is 0.627. The van der Waals surface area contributed by atoms with Crippen LogP contribution in [0.3, 0.4) is 0 Å². The second-order valence-corrected chi connectivity index (χ2v) is 4.99. The van der Waals surface area contributed by atoms with Crippen LogP contribution in [0.5, 0.6) is 0 Å². The van der Waals surface area contributed by atoms with Gasteiger partial charge in [-0.1, -0.05) is 12.1 Å². The Bertz CT molecular complexity index is 491. The summed E-state index contributed by atoms with van der Waals surface area (Å²) in [6, 6.07) is 6.69. The van der Waals surface area contributed by atoms with Crippen LogP contribution in [0.15, 0.2) is 24.3 Å². The number of rotatable bonds is 4. The number of nitrogens with zero attached hydrogens (tertiary/aromatic N) is 1. The first kappa shape index (κ1) is 12.0. The largest absolute Gasteiger partial charge is 0.365 e. The molecule has 0 saturated carbocycles. The number of hydrogen-bond acceptors (Lipinski definition) is 3. The summed E-state index contributed by atoms with van der Waals surface area (Å²) in [5.74, 6) is -0.180. The van der Waals surface area contributed by atoms with E-state index in [9.17, 15) is 4.39 Å². The second kappa shape index (κ2) is 5.27. The van der Waals surface area contributed by atoms with Crippen LogP contribution in [0.1, 0.15) is 16.1 Å². The highest BCUT2D eigenvalue weighted by Crippen LogP contribution is 2.23. The number of hydrogen-bond donors (Lipinski definition) is 1. The molecule has 0 aliphatic heterocycles. The molecule has 90 valence electrons. The minimum Gasteiger partial charge on any atom is -0.365 e. The van der Waals surface area contributed by atoms with Gasteiger partial charge in [0.05, 0.1) is 5.69 Å². The molecular weight excluding hydrogens is 235 g/mol. The van der Waals surface area contributed by atoms with E-state index in [4.69, 9.17) is 0 Å². The Labute approximate surface area is 105 Å². The van der Waals surface area contributed by atoms with Gasteiger partial charge in [-0.25, -0.2) is 9.37 Å². The average molecular weight is 250 g/mol. The molecule has 0 fully saturated rings. The van der Waals surface area contributed by atoms with E-state index in [1.165, 1.54) is 17.0 Å². The molecule has 1 N–H and O–H groups in total. The third kappa shape index (κ3) is 3.03. The number of anilines is 1. The number of thiazole rings is 1. The zero-order chi connectivity index (χ0) is 12.3. The highest BCUT2D eigenvalue weighted by atomic mass is 32.1. The van der Waals surface area contributed by atoms with Crippen LogP contribution >= 0.6 is 11.3 Å². The Kier molecular flexibility index (Phi) is 3.74. The summed E-state index contributed by atoms with van der Waals surface area (Å²) in [5.41, 5.74) is 2.24. The topological polar surface area (TPSA) is 24.9 Å². The van der Waals surface area contributed by atoms with Crippen molar-refractivity contribution in [3.05, 3.63) is 46.2 Å². The number of nitrogens with one attached hydrogen (secondary N) is 1. The first-order valence-corrected chi connectivity index (χ1v) is 6.39. The van der Waals surface area contributed by atoms with Gasteiger partial charge >= 0.3 is 0 Å². The zero-order valence-corrected chi connectivity index (χ0v) is 10.8. The summed E-state index contributed by atoms with van der Waals surface area (Å²) in [6.07, 6.45) is 1.88. The molecule has 0 amide bonds. The van der Waals surface area contributed by atoms with Crippen LogP contribution in [0.25, 0.3) is 0 Å². The molecule has 2 aromatic rings. The molecule has 17 heavy (non-hydrogen) atoms. The van der Waals surface area contributed by atoms with E-state index in [1.54, 1.807) is 11.3 Å². The summed E-state index contributed by atoms with van der Waals surface area (Å²) < 4.78 is 12.7. The molecule has 0 aliphatic carbocycles. The van der Waals surface area contributed by atoms with Crippen molar-refractivity contribution in [1.82, 2.24) is 4.98 Å². The molecule has 4 heteroatoms. The van der Waals surface area contributed by atoms with Crippen LogP contribution in [0.4, 0.5) is 9.52 Å². The number of benzene rings is 1. The third-order valence-corrected chi connectivity index (χ3v) is 3.90. The average Bonchev–Trinajstić information content (AvgIpc) is 2.69. The SMILES string of the molecule is CNc1nc(C)c(CCc2ccc(F)cc2)s1. The molecule has 1 heterocycles. The van der Waals surface area contributed by atoms with E-state index in [2.05, 4.69) is 10.3 Å². The predicted molar refractivity (Wildman–Crippen MR) is 70.2 cm³/mol.